The normalized spacial score (nSPS) is 30.3. The van der Waals surface area contributed by atoms with Crippen LogP contribution < -0.4 is 5.32 Å². The number of anilines is 1. The lowest BCUT2D eigenvalue weighted by Crippen LogP contribution is -2.21. The fourth-order valence-corrected chi connectivity index (χ4v) is 2.88. The van der Waals surface area contributed by atoms with Crippen molar-refractivity contribution in [3.63, 3.8) is 0 Å². The van der Waals surface area contributed by atoms with Gasteiger partial charge < -0.3 is 10.1 Å². The quantitative estimate of drug-likeness (QED) is 0.840. The molecule has 1 heterocycles. The van der Waals surface area contributed by atoms with E-state index in [9.17, 15) is 4.79 Å². The number of fused-ring (bicyclic) bond motifs is 2. The number of benzene rings is 1. The average Bonchev–Trinajstić information content (AvgIpc) is 2.95. The summed E-state index contributed by atoms with van der Waals surface area (Å²) in [6.07, 6.45) is 1.94. The van der Waals surface area contributed by atoms with Crippen molar-refractivity contribution in [3.8, 4) is 0 Å². The molecule has 3 heteroatoms. The van der Waals surface area contributed by atoms with E-state index >= 15 is 0 Å². The molecule has 84 valence electrons. The highest BCUT2D eigenvalue weighted by Crippen LogP contribution is 2.61. The Hall–Kier alpha value is -1.35. The molecular weight excluding hydrogens is 202 g/mol. The van der Waals surface area contributed by atoms with Gasteiger partial charge in [-0.25, -0.2) is 0 Å². The molecule has 1 spiro atoms. The molecule has 2 atom stereocenters. The molecule has 2 unspecified atom stereocenters. The first-order chi connectivity index (χ1) is 7.79. The Kier molecular flexibility index (Phi) is 2.04. The molecule has 3 nitrogen and oxygen atoms in total. The number of rotatable bonds is 3. The average molecular weight is 217 g/mol. The predicted molar refractivity (Wildman–Crippen MR) is 61.3 cm³/mol. The molecular formula is C13H15NO2. The summed E-state index contributed by atoms with van der Waals surface area (Å²) >= 11 is 0. The van der Waals surface area contributed by atoms with E-state index in [2.05, 4.69) is 11.4 Å². The summed E-state index contributed by atoms with van der Waals surface area (Å²) < 4.78 is 5.09. The van der Waals surface area contributed by atoms with Gasteiger partial charge in [-0.1, -0.05) is 18.2 Å². The van der Waals surface area contributed by atoms with E-state index in [1.807, 2.05) is 18.2 Å². The lowest BCUT2D eigenvalue weighted by Gasteiger charge is -2.07. The van der Waals surface area contributed by atoms with Crippen molar-refractivity contribution in [2.45, 2.75) is 18.3 Å². The maximum atomic E-state index is 12.0. The van der Waals surface area contributed by atoms with Gasteiger partial charge in [-0.2, -0.15) is 0 Å². The minimum atomic E-state index is -0.227. The van der Waals surface area contributed by atoms with Crippen molar-refractivity contribution in [1.82, 2.24) is 0 Å². The molecule has 0 saturated heterocycles. The van der Waals surface area contributed by atoms with Crippen LogP contribution in [0.25, 0.3) is 0 Å². The number of para-hydroxylation sites is 1. The Morgan fingerprint density at radius 2 is 2.31 bits per heavy atom. The van der Waals surface area contributed by atoms with Gasteiger partial charge in [0.1, 0.15) is 0 Å². The number of hydrogen-bond donors (Lipinski definition) is 1. The fourth-order valence-electron chi connectivity index (χ4n) is 2.88. The highest BCUT2D eigenvalue weighted by molar-refractivity contribution is 6.08. The van der Waals surface area contributed by atoms with Crippen LogP contribution in [0.4, 0.5) is 5.69 Å². The van der Waals surface area contributed by atoms with Crippen LogP contribution in [0.15, 0.2) is 24.3 Å². The molecule has 16 heavy (non-hydrogen) atoms. The van der Waals surface area contributed by atoms with Crippen LogP contribution in [0.5, 0.6) is 0 Å². The van der Waals surface area contributed by atoms with Gasteiger partial charge in [0.2, 0.25) is 5.91 Å². The monoisotopic (exact) mass is 217 g/mol. The summed E-state index contributed by atoms with van der Waals surface area (Å²) in [6, 6.07) is 8.02. The molecule has 1 aromatic rings. The zero-order valence-electron chi connectivity index (χ0n) is 9.32. The number of amides is 1. The van der Waals surface area contributed by atoms with Crippen LogP contribution >= 0.6 is 0 Å². The number of nitrogens with one attached hydrogen (secondary N) is 1. The van der Waals surface area contributed by atoms with Crippen molar-refractivity contribution in [2.75, 3.05) is 19.0 Å². The predicted octanol–water partition coefficient (Wildman–Crippen LogP) is 1.93. The summed E-state index contributed by atoms with van der Waals surface area (Å²) in [6.45, 7) is 0.738. The maximum absolute atomic E-state index is 12.0. The number of ether oxygens (including phenoxy) is 1. The van der Waals surface area contributed by atoms with Gasteiger partial charge in [0.15, 0.2) is 0 Å². The molecule has 1 aliphatic heterocycles. The van der Waals surface area contributed by atoms with E-state index in [0.29, 0.717) is 5.92 Å². The van der Waals surface area contributed by atoms with Crippen molar-refractivity contribution < 1.29 is 9.53 Å². The third-order valence-corrected chi connectivity index (χ3v) is 3.84. The fraction of sp³-hybridized carbons (Fsp3) is 0.462. The van der Waals surface area contributed by atoms with E-state index in [0.717, 1.165) is 25.1 Å². The van der Waals surface area contributed by atoms with Crippen LogP contribution in [0.1, 0.15) is 18.4 Å². The van der Waals surface area contributed by atoms with Gasteiger partial charge in [-0.15, -0.1) is 0 Å². The second-order valence-corrected chi connectivity index (χ2v) is 4.65. The topological polar surface area (TPSA) is 38.3 Å². The van der Waals surface area contributed by atoms with E-state index in [1.54, 1.807) is 7.11 Å². The van der Waals surface area contributed by atoms with Gasteiger partial charge >= 0.3 is 0 Å². The van der Waals surface area contributed by atoms with Crippen molar-refractivity contribution in [1.29, 1.82) is 0 Å². The molecule has 0 radical (unpaired) electrons. The zero-order valence-corrected chi connectivity index (χ0v) is 9.32. The largest absolute Gasteiger partial charge is 0.385 e. The Labute approximate surface area is 94.8 Å². The first-order valence-corrected chi connectivity index (χ1v) is 5.69. The molecule has 1 fully saturated rings. The van der Waals surface area contributed by atoms with Crippen molar-refractivity contribution in [3.05, 3.63) is 29.8 Å². The number of hydrogen-bond acceptors (Lipinski definition) is 2. The first-order valence-electron chi connectivity index (χ1n) is 5.69. The second kappa shape index (κ2) is 3.32. The summed E-state index contributed by atoms with van der Waals surface area (Å²) in [4.78, 5) is 12.0. The maximum Gasteiger partial charge on any atom is 0.235 e. The molecule has 0 aromatic heterocycles. The Balaban J connectivity index is 1.90. The summed E-state index contributed by atoms with van der Waals surface area (Å²) in [7, 11) is 1.71. The van der Waals surface area contributed by atoms with E-state index in [1.165, 1.54) is 5.56 Å². The molecule has 1 aliphatic carbocycles. The summed E-state index contributed by atoms with van der Waals surface area (Å²) in [5.74, 6) is 0.630. The molecule has 2 aliphatic rings. The van der Waals surface area contributed by atoms with Gasteiger partial charge in [-0.3, -0.25) is 4.79 Å². The minimum absolute atomic E-state index is 0.176. The third-order valence-electron chi connectivity index (χ3n) is 3.84. The first kappa shape index (κ1) is 9.85. The highest BCUT2D eigenvalue weighted by atomic mass is 16.5. The molecule has 1 amide bonds. The van der Waals surface area contributed by atoms with Gasteiger partial charge in [0.25, 0.3) is 0 Å². The minimum Gasteiger partial charge on any atom is -0.385 e. The lowest BCUT2D eigenvalue weighted by molar-refractivity contribution is -0.118. The van der Waals surface area contributed by atoms with E-state index < -0.39 is 0 Å². The lowest BCUT2D eigenvalue weighted by atomic mass is 9.94. The number of carbonyl (C=O) groups is 1. The SMILES string of the molecule is COCCC1CC12C(=O)Nc1ccccc12. The third kappa shape index (κ3) is 1.15. The van der Waals surface area contributed by atoms with Crippen LogP contribution in [-0.4, -0.2) is 19.6 Å². The number of carbonyl (C=O) groups excluding carboxylic acids is 1. The molecule has 1 N–H and O–H groups in total. The van der Waals surface area contributed by atoms with Crippen molar-refractivity contribution >= 4 is 11.6 Å². The van der Waals surface area contributed by atoms with Crippen LogP contribution in [0, 0.1) is 5.92 Å². The summed E-state index contributed by atoms with van der Waals surface area (Å²) in [5.41, 5.74) is 1.95. The van der Waals surface area contributed by atoms with E-state index in [4.69, 9.17) is 4.74 Å². The second-order valence-electron chi connectivity index (χ2n) is 4.65. The van der Waals surface area contributed by atoms with Gasteiger partial charge in [-0.05, 0) is 30.4 Å². The summed E-state index contributed by atoms with van der Waals surface area (Å²) in [5, 5.41) is 2.98. The van der Waals surface area contributed by atoms with Crippen LogP contribution in [0.3, 0.4) is 0 Å². The van der Waals surface area contributed by atoms with Crippen LogP contribution in [-0.2, 0) is 14.9 Å². The molecule has 3 rings (SSSR count). The Morgan fingerprint density at radius 3 is 3.12 bits per heavy atom. The van der Waals surface area contributed by atoms with E-state index in [-0.39, 0.29) is 11.3 Å². The number of methoxy groups -OCH3 is 1. The van der Waals surface area contributed by atoms with Gasteiger partial charge in [0.05, 0.1) is 5.41 Å². The van der Waals surface area contributed by atoms with Gasteiger partial charge in [0, 0.05) is 19.4 Å². The Morgan fingerprint density at radius 1 is 1.50 bits per heavy atom. The Bertz CT molecular complexity index is 443. The molecule has 1 aromatic carbocycles. The zero-order chi connectivity index (χ0) is 11.2. The van der Waals surface area contributed by atoms with Crippen LogP contribution in [0.2, 0.25) is 0 Å². The molecule has 1 saturated carbocycles. The smallest absolute Gasteiger partial charge is 0.235 e. The standard InChI is InChI=1S/C13H15NO2/c1-16-7-6-9-8-13(9)10-4-2-3-5-11(10)14-12(13)15/h2-5,9H,6-8H2,1H3,(H,14,15). The molecule has 0 bridgehead atoms. The highest BCUT2D eigenvalue weighted by Gasteiger charge is 2.63. The van der Waals surface area contributed by atoms with Crippen molar-refractivity contribution in [2.24, 2.45) is 5.92 Å².